The maximum atomic E-state index is 12.0. The monoisotopic (exact) mass is 486 g/mol. The minimum Gasteiger partial charge on any atom is -0.493 e. The minimum atomic E-state index is -0.681. The number of carbonyl (C=O) groups is 1. The third-order valence-electron chi connectivity index (χ3n) is 6.33. The van der Waals surface area contributed by atoms with Gasteiger partial charge in [-0.2, -0.15) is 0 Å². The molecule has 1 aliphatic rings. The second kappa shape index (κ2) is 16.1. The van der Waals surface area contributed by atoms with E-state index < -0.39 is 6.10 Å². The third kappa shape index (κ3) is 10.1. The van der Waals surface area contributed by atoms with Crippen molar-refractivity contribution in [2.75, 3.05) is 40.5 Å². The highest BCUT2D eigenvalue weighted by molar-refractivity contribution is 5.85. The number of aliphatic hydroxyl groups is 1. The molecule has 1 aromatic rings. The molecule has 1 saturated heterocycles. The molecule has 3 unspecified atom stereocenters. The number of carbonyl (C=O) groups excluding carboxylic acids is 1. The molecule has 1 amide bonds. The van der Waals surface area contributed by atoms with Crippen LogP contribution >= 0.6 is 12.4 Å². The third-order valence-corrected chi connectivity index (χ3v) is 6.33. The van der Waals surface area contributed by atoms with E-state index in [1.165, 1.54) is 5.56 Å². The Kier molecular flexibility index (Phi) is 14.4. The van der Waals surface area contributed by atoms with Gasteiger partial charge in [-0.3, -0.25) is 4.79 Å². The molecular formula is C25H43ClN2O5. The van der Waals surface area contributed by atoms with E-state index in [-0.39, 0.29) is 24.4 Å². The van der Waals surface area contributed by atoms with E-state index in [0.29, 0.717) is 32.1 Å². The molecule has 1 aliphatic heterocycles. The number of halogens is 1. The molecule has 0 saturated carbocycles. The van der Waals surface area contributed by atoms with Gasteiger partial charge >= 0.3 is 0 Å². The number of hydrogen-bond donors (Lipinski definition) is 2. The van der Waals surface area contributed by atoms with Crippen LogP contribution in [0.3, 0.4) is 0 Å². The maximum absolute atomic E-state index is 12.0. The number of amides is 1. The summed E-state index contributed by atoms with van der Waals surface area (Å²) in [6.45, 7) is 4.48. The van der Waals surface area contributed by atoms with Crippen LogP contribution < -0.4 is 15.2 Å². The van der Waals surface area contributed by atoms with E-state index >= 15 is 0 Å². The van der Waals surface area contributed by atoms with Crippen molar-refractivity contribution in [3.05, 3.63) is 23.8 Å². The molecule has 1 heterocycles. The number of nitrogens with zero attached hydrogens (tertiary/aromatic N) is 1. The van der Waals surface area contributed by atoms with Crippen molar-refractivity contribution >= 4 is 18.3 Å². The number of hydrogen-bond acceptors (Lipinski definition) is 6. The van der Waals surface area contributed by atoms with Crippen LogP contribution in [-0.2, 0) is 16.0 Å². The Morgan fingerprint density at radius 3 is 2.64 bits per heavy atom. The van der Waals surface area contributed by atoms with Crippen LogP contribution in [-0.4, -0.2) is 68.6 Å². The molecule has 0 spiro atoms. The van der Waals surface area contributed by atoms with E-state index in [1.807, 2.05) is 6.07 Å². The zero-order valence-electron chi connectivity index (χ0n) is 20.5. The van der Waals surface area contributed by atoms with E-state index in [4.69, 9.17) is 19.9 Å². The number of benzene rings is 1. The lowest BCUT2D eigenvalue weighted by molar-refractivity contribution is -0.135. The smallest absolute Gasteiger partial charge is 0.222 e. The summed E-state index contributed by atoms with van der Waals surface area (Å²) in [5, 5.41) is 10.6. The van der Waals surface area contributed by atoms with Crippen molar-refractivity contribution in [3.63, 3.8) is 0 Å². The second-order valence-electron chi connectivity index (χ2n) is 8.76. The fourth-order valence-electron chi connectivity index (χ4n) is 4.19. The quantitative estimate of drug-likeness (QED) is 0.368. The molecule has 190 valence electrons. The Morgan fingerprint density at radius 1 is 1.18 bits per heavy atom. The maximum Gasteiger partial charge on any atom is 0.222 e. The first-order valence-electron chi connectivity index (χ1n) is 12.0. The number of aryl methyl sites for hydroxylation is 1. The van der Waals surface area contributed by atoms with Gasteiger partial charge in [0, 0.05) is 45.7 Å². The molecule has 0 radical (unpaired) electrons. The molecule has 3 N–H and O–H groups in total. The standard InChI is InChI=1S/C25H42N2O5.ClH/c1-4-19(16-21(26)22(28)18-27-13-6-5-8-25(27)29)9-10-20-11-12-23(31-3)24(17-20)32-15-7-14-30-2;/h11-12,17,19,21-22,28H,4-10,13-16,18,26H2,1-3H3;1H. The van der Waals surface area contributed by atoms with Crippen LogP contribution in [0.4, 0.5) is 0 Å². The van der Waals surface area contributed by atoms with E-state index in [9.17, 15) is 9.90 Å². The first-order valence-corrected chi connectivity index (χ1v) is 12.0. The number of rotatable bonds is 15. The highest BCUT2D eigenvalue weighted by atomic mass is 35.5. The lowest BCUT2D eigenvalue weighted by Gasteiger charge is -2.31. The van der Waals surface area contributed by atoms with Crippen LogP contribution in [0.15, 0.2) is 18.2 Å². The van der Waals surface area contributed by atoms with Crippen molar-refractivity contribution in [3.8, 4) is 11.5 Å². The summed E-state index contributed by atoms with van der Waals surface area (Å²) in [6, 6.07) is 5.75. The normalized spacial score (nSPS) is 16.6. The van der Waals surface area contributed by atoms with Gasteiger partial charge in [-0.05, 0) is 55.7 Å². The number of piperidine rings is 1. The molecule has 1 aromatic carbocycles. The molecule has 1 fully saturated rings. The fourth-order valence-corrected chi connectivity index (χ4v) is 4.19. The lowest BCUT2D eigenvalue weighted by atomic mass is 9.89. The van der Waals surface area contributed by atoms with Gasteiger partial charge in [-0.25, -0.2) is 0 Å². The number of β-amino-alcohol motifs (C(OH)–C–C–N with tert-alkyl or cyclic N) is 1. The first-order chi connectivity index (χ1) is 15.5. The van der Waals surface area contributed by atoms with Crippen molar-refractivity contribution in [1.29, 1.82) is 0 Å². The Hall–Kier alpha value is -1.54. The Morgan fingerprint density at radius 2 is 1.97 bits per heavy atom. The summed E-state index contributed by atoms with van der Waals surface area (Å²) in [4.78, 5) is 13.8. The molecule has 0 aliphatic carbocycles. The van der Waals surface area contributed by atoms with Gasteiger partial charge in [0.1, 0.15) is 0 Å². The lowest BCUT2D eigenvalue weighted by Crippen LogP contribution is -2.47. The summed E-state index contributed by atoms with van der Waals surface area (Å²) < 4.78 is 16.4. The number of methoxy groups -OCH3 is 2. The summed E-state index contributed by atoms with van der Waals surface area (Å²) in [5.41, 5.74) is 7.53. The second-order valence-corrected chi connectivity index (χ2v) is 8.76. The number of likely N-dealkylation sites (tertiary alicyclic amines) is 1. The van der Waals surface area contributed by atoms with Crippen LogP contribution in [0.25, 0.3) is 0 Å². The summed E-state index contributed by atoms with van der Waals surface area (Å²) >= 11 is 0. The van der Waals surface area contributed by atoms with E-state index in [0.717, 1.165) is 63.0 Å². The highest BCUT2D eigenvalue weighted by Gasteiger charge is 2.25. The molecule has 33 heavy (non-hydrogen) atoms. The molecule has 2 rings (SSSR count). The summed E-state index contributed by atoms with van der Waals surface area (Å²) in [7, 11) is 3.33. The van der Waals surface area contributed by atoms with Gasteiger partial charge in [-0.15, -0.1) is 12.4 Å². The van der Waals surface area contributed by atoms with Crippen molar-refractivity contribution < 1.29 is 24.1 Å². The first kappa shape index (κ1) is 29.5. The highest BCUT2D eigenvalue weighted by Crippen LogP contribution is 2.30. The predicted octanol–water partition coefficient (Wildman–Crippen LogP) is 3.58. The number of ether oxygens (including phenoxy) is 3. The Labute approximate surface area is 205 Å². The zero-order valence-corrected chi connectivity index (χ0v) is 21.3. The topological polar surface area (TPSA) is 94.2 Å². The van der Waals surface area contributed by atoms with Gasteiger partial charge in [0.05, 0.1) is 19.8 Å². The average Bonchev–Trinajstić information content (AvgIpc) is 2.80. The average molecular weight is 487 g/mol. The number of aliphatic hydroxyl groups excluding tert-OH is 1. The van der Waals surface area contributed by atoms with E-state index in [1.54, 1.807) is 19.1 Å². The van der Waals surface area contributed by atoms with Crippen molar-refractivity contribution in [2.24, 2.45) is 11.7 Å². The van der Waals surface area contributed by atoms with Crippen LogP contribution in [0.5, 0.6) is 11.5 Å². The zero-order chi connectivity index (χ0) is 23.3. The minimum absolute atomic E-state index is 0. The fraction of sp³-hybridized carbons (Fsp3) is 0.720. The van der Waals surface area contributed by atoms with Gasteiger partial charge in [-0.1, -0.05) is 19.4 Å². The Bertz CT molecular complexity index is 691. The van der Waals surface area contributed by atoms with Gasteiger partial charge in [0.15, 0.2) is 11.5 Å². The van der Waals surface area contributed by atoms with Gasteiger partial charge < -0.3 is 30.0 Å². The summed E-state index contributed by atoms with van der Waals surface area (Å²) in [6.07, 6.45) is 6.31. The SMILES string of the molecule is CCC(CCc1ccc(OC)c(OCCCOC)c1)CC(N)C(O)CN1CCCCC1=O.Cl. The van der Waals surface area contributed by atoms with Crippen molar-refractivity contribution in [1.82, 2.24) is 4.90 Å². The summed E-state index contributed by atoms with van der Waals surface area (Å²) in [5.74, 6) is 2.03. The predicted molar refractivity (Wildman–Crippen MR) is 133 cm³/mol. The Balaban J connectivity index is 0.00000544. The van der Waals surface area contributed by atoms with Gasteiger partial charge in [0.25, 0.3) is 0 Å². The largest absolute Gasteiger partial charge is 0.493 e. The molecule has 3 atom stereocenters. The molecular weight excluding hydrogens is 444 g/mol. The van der Waals surface area contributed by atoms with Gasteiger partial charge in [0.2, 0.25) is 5.91 Å². The molecule has 0 aromatic heterocycles. The van der Waals surface area contributed by atoms with Crippen LogP contribution in [0.1, 0.15) is 57.4 Å². The van der Waals surface area contributed by atoms with Crippen LogP contribution in [0, 0.1) is 5.92 Å². The number of nitrogens with two attached hydrogens (primary N) is 1. The molecule has 7 nitrogen and oxygen atoms in total. The van der Waals surface area contributed by atoms with Crippen LogP contribution in [0.2, 0.25) is 0 Å². The van der Waals surface area contributed by atoms with Crippen molar-refractivity contribution in [2.45, 2.75) is 70.4 Å². The molecule has 0 bridgehead atoms. The molecule has 8 heteroatoms. The van der Waals surface area contributed by atoms with E-state index in [2.05, 4.69) is 19.1 Å².